The van der Waals surface area contributed by atoms with E-state index in [0.29, 0.717) is 6.04 Å². The second-order valence-corrected chi connectivity index (χ2v) is 4.82. The van der Waals surface area contributed by atoms with Crippen LogP contribution in [0.25, 0.3) is 0 Å². The van der Waals surface area contributed by atoms with Gasteiger partial charge in [-0.05, 0) is 33.2 Å². The number of β-amino-alcohol motifs (C(OH)–C–C–N with tert-alkyl or cyclic N) is 1. The first-order chi connectivity index (χ1) is 7.56. The fraction of sp³-hybridized carbons (Fsp3) is 0.917. The van der Waals surface area contributed by atoms with E-state index in [0.717, 1.165) is 26.1 Å². The standard InChI is InChI=1S/C12H24N2O2/c1-10(2)14(11(3)16)9-12-5-4-6-13(12)7-8-15/h10,12,15H,4-9H2,1-3H3. The Labute approximate surface area is 98.2 Å². The Morgan fingerprint density at radius 2 is 2.25 bits per heavy atom. The van der Waals surface area contributed by atoms with Crippen molar-refractivity contribution in [3.8, 4) is 0 Å². The Balaban J connectivity index is 2.53. The molecule has 0 aromatic rings. The van der Waals surface area contributed by atoms with Crippen LogP contribution in [0.4, 0.5) is 0 Å². The molecule has 1 rings (SSSR count). The highest BCUT2D eigenvalue weighted by Crippen LogP contribution is 2.18. The molecule has 1 unspecified atom stereocenters. The van der Waals surface area contributed by atoms with Gasteiger partial charge in [-0.1, -0.05) is 0 Å². The molecule has 1 aliphatic rings. The van der Waals surface area contributed by atoms with E-state index >= 15 is 0 Å². The number of carbonyl (C=O) groups is 1. The normalized spacial score (nSPS) is 21.7. The molecule has 0 bridgehead atoms. The van der Waals surface area contributed by atoms with Gasteiger partial charge in [-0.3, -0.25) is 9.69 Å². The molecule has 0 radical (unpaired) electrons. The lowest BCUT2D eigenvalue weighted by atomic mass is 10.2. The molecule has 1 atom stereocenters. The predicted octanol–water partition coefficient (Wildman–Crippen LogP) is 0.700. The predicted molar refractivity (Wildman–Crippen MR) is 64.2 cm³/mol. The molecule has 1 N–H and O–H groups in total. The van der Waals surface area contributed by atoms with Crippen LogP contribution in [0, 0.1) is 0 Å². The number of carbonyl (C=O) groups excluding carboxylic acids is 1. The van der Waals surface area contributed by atoms with Gasteiger partial charge in [0.05, 0.1) is 6.61 Å². The molecule has 1 aliphatic heterocycles. The maximum Gasteiger partial charge on any atom is 0.219 e. The van der Waals surface area contributed by atoms with Gasteiger partial charge in [0.1, 0.15) is 0 Å². The van der Waals surface area contributed by atoms with E-state index in [1.165, 1.54) is 6.42 Å². The number of nitrogens with zero attached hydrogens (tertiary/aromatic N) is 2. The van der Waals surface area contributed by atoms with Crippen LogP contribution in [0.2, 0.25) is 0 Å². The Bertz CT molecular complexity index is 231. The van der Waals surface area contributed by atoms with Crippen LogP contribution >= 0.6 is 0 Å². The minimum atomic E-state index is 0.144. The number of rotatable bonds is 5. The third kappa shape index (κ3) is 3.46. The summed E-state index contributed by atoms with van der Waals surface area (Å²) in [7, 11) is 0. The molecule has 4 nitrogen and oxygen atoms in total. The summed E-state index contributed by atoms with van der Waals surface area (Å²) in [6, 6.07) is 0.688. The Morgan fingerprint density at radius 1 is 1.56 bits per heavy atom. The summed E-state index contributed by atoms with van der Waals surface area (Å²) in [5, 5.41) is 8.97. The number of aliphatic hydroxyl groups excluding tert-OH is 1. The van der Waals surface area contributed by atoms with Crippen LogP contribution in [0.1, 0.15) is 33.6 Å². The zero-order valence-corrected chi connectivity index (χ0v) is 10.6. The monoisotopic (exact) mass is 228 g/mol. The van der Waals surface area contributed by atoms with Crippen molar-refractivity contribution in [2.75, 3.05) is 26.2 Å². The smallest absolute Gasteiger partial charge is 0.219 e. The zero-order valence-electron chi connectivity index (χ0n) is 10.6. The average molecular weight is 228 g/mol. The fourth-order valence-corrected chi connectivity index (χ4v) is 2.45. The second-order valence-electron chi connectivity index (χ2n) is 4.82. The van der Waals surface area contributed by atoms with Crippen LogP contribution in [-0.2, 0) is 4.79 Å². The summed E-state index contributed by atoms with van der Waals surface area (Å²) in [6.07, 6.45) is 2.31. The van der Waals surface area contributed by atoms with Crippen LogP contribution in [0.5, 0.6) is 0 Å². The third-order valence-corrected chi connectivity index (χ3v) is 3.32. The van der Waals surface area contributed by atoms with E-state index in [4.69, 9.17) is 5.11 Å². The minimum Gasteiger partial charge on any atom is -0.395 e. The lowest BCUT2D eigenvalue weighted by Crippen LogP contribution is -2.45. The van der Waals surface area contributed by atoms with Crippen LogP contribution < -0.4 is 0 Å². The van der Waals surface area contributed by atoms with E-state index in [9.17, 15) is 4.79 Å². The summed E-state index contributed by atoms with van der Waals surface area (Å²) in [5.74, 6) is 0.144. The molecule has 0 aromatic heterocycles. The minimum absolute atomic E-state index is 0.144. The van der Waals surface area contributed by atoms with Crippen LogP contribution in [-0.4, -0.2) is 59.1 Å². The molecule has 4 heteroatoms. The number of hydrogen-bond donors (Lipinski definition) is 1. The average Bonchev–Trinajstić information content (AvgIpc) is 2.61. The zero-order chi connectivity index (χ0) is 12.1. The van der Waals surface area contributed by atoms with Crippen molar-refractivity contribution in [2.24, 2.45) is 0 Å². The SMILES string of the molecule is CC(=O)N(CC1CCCN1CCO)C(C)C. The molecule has 1 amide bonds. The van der Waals surface area contributed by atoms with Gasteiger partial charge in [0.15, 0.2) is 0 Å². The molecule has 1 saturated heterocycles. The molecular weight excluding hydrogens is 204 g/mol. The largest absolute Gasteiger partial charge is 0.395 e. The van der Waals surface area contributed by atoms with E-state index in [2.05, 4.69) is 4.90 Å². The van der Waals surface area contributed by atoms with Gasteiger partial charge in [0.2, 0.25) is 5.91 Å². The highest BCUT2D eigenvalue weighted by atomic mass is 16.3. The van der Waals surface area contributed by atoms with Gasteiger partial charge in [0, 0.05) is 32.1 Å². The van der Waals surface area contributed by atoms with Crippen molar-refractivity contribution in [1.29, 1.82) is 0 Å². The van der Waals surface area contributed by atoms with Gasteiger partial charge in [0.25, 0.3) is 0 Å². The van der Waals surface area contributed by atoms with E-state index < -0.39 is 0 Å². The van der Waals surface area contributed by atoms with Gasteiger partial charge in [-0.25, -0.2) is 0 Å². The summed E-state index contributed by atoms with van der Waals surface area (Å²) in [4.78, 5) is 15.7. The fourth-order valence-electron chi connectivity index (χ4n) is 2.45. The molecule has 0 spiro atoms. The number of likely N-dealkylation sites (tertiary alicyclic amines) is 1. The van der Waals surface area contributed by atoms with E-state index in [-0.39, 0.29) is 18.6 Å². The molecule has 1 fully saturated rings. The lowest BCUT2D eigenvalue weighted by molar-refractivity contribution is -0.131. The highest BCUT2D eigenvalue weighted by Gasteiger charge is 2.27. The van der Waals surface area contributed by atoms with Gasteiger partial charge in [-0.2, -0.15) is 0 Å². The first kappa shape index (κ1) is 13.5. The summed E-state index contributed by atoms with van der Waals surface area (Å²) < 4.78 is 0. The van der Waals surface area contributed by atoms with Crippen molar-refractivity contribution in [1.82, 2.24) is 9.80 Å². The van der Waals surface area contributed by atoms with Crippen molar-refractivity contribution in [3.05, 3.63) is 0 Å². The van der Waals surface area contributed by atoms with E-state index in [1.54, 1.807) is 6.92 Å². The van der Waals surface area contributed by atoms with Crippen molar-refractivity contribution in [2.45, 2.75) is 45.7 Å². The molecule has 94 valence electrons. The summed E-state index contributed by atoms with van der Waals surface area (Å²) >= 11 is 0. The lowest BCUT2D eigenvalue weighted by Gasteiger charge is -2.32. The van der Waals surface area contributed by atoms with Crippen LogP contribution in [0.3, 0.4) is 0 Å². The number of hydrogen-bond acceptors (Lipinski definition) is 3. The van der Waals surface area contributed by atoms with Gasteiger partial charge < -0.3 is 10.0 Å². The molecular formula is C12H24N2O2. The second kappa shape index (κ2) is 6.21. The topological polar surface area (TPSA) is 43.8 Å². The maximum absolute atomic E-state index is 11.5. The number of aliphatic hydroxyl groups is 1. The quantitative estimate of drug-likeness (QED) is 0.753. The van der Waals surface area contributed by atoms with Gasteiger partial charge in [-0.15, -0.1) is 0 Å². The third-order valence-electron chi connectivity index (χ3n) is 3.32. The summed E-state index contributed by atoms with van der Waals surface area (Å²) in [5.41, 5.74) is 0. The van der Waals surface area contributed by atoms with Crippen molar-refractivity contribution >= 4 is 5.91 Å². The first-order valence-electron chi connectivity index (χ1n) is 6.18. The Kier molecular flexibility index (Phi) is 5.22. The Morgan fingerprint density at radius 3 is 2.75 bits per heavy atom. The molecule has 16 heavy (non-hydrogen) atoms. The number of amides is 1. The molecule has 0 aliphatic carbocycles. The molecule has 0 aromatic carbocycles. The molecule has 0 saturated carbocycles. The molecule has 1 heterocycles. The van der Waals surface area contributed by atoms with Crippen molar-refractivity contribution < 1.29 is 9.90 Å². The first-order valence-corrected chi connectivity index (χ1v) is 6.18. The van der Waals surface area contributed by atoms with E-state index in [1.807, 2.05) is 18.7 Å². The summed E-state index contributed by atoms with van der Waals surface area (Å²) in [6.45, 7) is 8.51. The Hall–Kier alpha value is -0.610. The van der Waals surface area contributed by atoms with Crippen molar-refractivity contribution in [3.63, 3.8) is 0 Å². The highest BCUT2D eigenvalue weighted by molar-refractivity contribution is 5.73. The van der Waals surface area contributed by atoms with Gasteiger partial charge >= 0.3 is 0 Å². The van der Waals surface area contributed by atoms with Crippen LogP contribution in [0.15, 0.2) is 0 Å². The maximum atomic E-state index is 11.5.